The molecule has 0 spiro atoms. The van der Waals surface area contributed by atoms with Gasteiger partial charge in [-0.15, -0.1) is 0 Å². The minimum absolute atomic E-state index is 0.0617. The number of hydrogen-bond donors (Lipinski definition) is 3. The summed E-state index contributed by atoms with van der Waals surface area (Å²) in [5.41, 5.74) is 0. The van der Waals surface area contributed by atoms with Crippen molar-refractivity contribution in [2.45, 2.75) is 25.0 Å². The molecule has 2 fully saturated rings. The quantitative estimate of drug-likeness (QED) is 0.518. The largest absolute Gasteiger partial charge is 0.389 e. The van der Waals surface area contributed by atoms with Crippen LogP contribution in [0.25, 0.3) is 0 Å². The van der Waals surface area contributed by atoms with Crippen molar-refractivity contribution in [3.05, 3.63) is 0 Å². The van der Waals surface area contributed by atoms with Crippen LogP contribution in [0.2, 0.25) is 0 Å². The van der Waals surface area contributed by atoms with E-state index in [0.717, 1.165) is 6.42 Å². The first-order chi connectivity index (χ1) is 9.45. The van der Waals surface area contributed by atoms with Crippen molar-refractivity contribution in [1.29, 1.82) is 0 Å². The Hall–Kier alpha value is -1.51. The second kappa shape index (κ2) is 6.29. The summed E-state index contributed by atoms with van der Waals surface area (Å²) in [4.78, 5) is 37.6. The van der Waals surface area contributed by atoms with Gasteiger partial charge < -0.3 is 15.1 Å². The third-order valence-electron chi connectivity index (χ3n) is 3.49. The van der Waals surface area contributed by atoms with E-state index in [-0.39, 0.29) is 32.1 Å². The van der Waals surface area contributed by atoms with E-state index in [1.807, 2.05) is 0 Å². The summed E-state index contributed by atoms with van der Waals surface area (Å²) in [6.45, 7) is 0.787. The van der Waals surface area contributed by atoms with Gasteiger partial charge in [-0.3, -0.25) is 24.6 Å². The molecule has 0 radical (unpaired) electrons. The van der Waals surface area contributed by atoms with Crippen LogP contribution in [0.3, 0.4) is 0 Å². The number of nitrogens with one attached hydrogen (secondary N) is 1. The Balaban J connectivity index is 1.71. The van der Waals surface area contributed by atoms with E-state index in [4.69, 9.17) is 0 Å². The standard InChI is InChI=1S/C12H19N3O5/c16-8-4-14(5-9(8)17)6-10(18)13-11(19)7-15-3-1-2-12(15)20/h8-9,16-17H,1-7H2,(H,13,18,19). The van der Waals surface area contributed by atoms with E-state index >= 15 is 0 Å². The van der Waals surface area contributed by atoms with Gasteiger partial charge in [-0.1, -0.05) is 0 Å². The molecular formula is C12H19N3O5. The van der Waals surface area contributed by atoms with Crippen molar-refractivity contribution in [2.75, 3.05) is 32.7 Å². The topological polar surface area (TPSA) is 110 Å². The SMILES string of the molecule is O=C(CN1CC(O)C(O)C1)NC(=O)CN1CCCC1=O. The summed E-state index contributed by atoms with van der Waals surface area (Å²) in [6, 6.07) is 0. The van der Waals surface area contributed by atoms with Gasteiger partial charge in [-0.25, -0.2) is 0 Å². The van der Waals surface area contributed by atoms with Crippen LogP contribution in [0.5, 0.6) is 0 Å². The molecule has 8 nitrogen and oxygen atoms in total. The Kier molecular flexibility index (Phi) is 4.69. The molecule has 0 bridgehead atoms. The predicted molar refractivity (Wildman–Crippen MR) is 67.4 cm³/mol. The van der Waals surface area contributed by atoms with Gasteiger partial charge in [0, 0.05) is 26.1 Å². The number of β-amino-alcohol motifs (C(OH)–C–C–N with tert-alkyl or cyclic N) is 2. The highest BCUT2D eigenvalue weighted by Crippen LogP contribution is 2.09. The van der Waals surface area contributed by atoms with Gasteiger partial charge in [-0.2, -0.15) is 0 Å². The molecule has 3 amide bonds. The van der Waals surface area contributed by atoms with Gasteiger partial charge in [0.25, 0.3) is 0 Å². The Morgan fingerprint density at radius 3 is 2.30 bits per heavy atom. The summed E-state index contributed by atoms with van der Waals surface area (Å²) >= 11 is 0. The third-order valence-corrected chi connectivity index (χ3v) is 3.49. The highest BCUT2D eigenvalue weighted by molar-refractivity contribution is 5.98. The van der Waals surface area contributed by atoms with E-state index in [1.165, 1.54) is 4.90 Å². The fourth-order valence-corrected chi connectivity index (χ4v) is 2.46. The normalized spacial score (nSPS) is 27.1. The number of aliphatic hydroxyl groups excluding tert-OH is 2. The molecule has 0 aromatic carbocycles. The van der Waals surface area contributed by atoms with Crippen LogP contribution >= 0.6 is 0 Å². The number of carbonyl (C=O) groups is 3. The number of hydrogen-bond acceptors (Lipinski definition) is 6. The third kappa shape index (κ3) is 3.75. The summed E-state index contributed by atoms with van der Waals surface area (Å²) in [5.74, 6) is -1.08. The highest BCUT2D eigenvalue weighted by Gasteiger charge is 2.31. The minimum atomic E-state index is -0.860. The first-order valence-electron chi connectivity index (χ1n) is 6.64. The monoisotopic (exact) mass is 285 g/mol. The van der Waals surface area contributed by atoms with Crippen LogP contribution in [0.4, 0.5) is 0 Å². The molecule has 2 rings (SSSR count). The van der Waals surface area contributed by atoms with Crippen molar-refractivity contribution in [2.24, 2.45) is 0 Å². The minimum Gasteiger partial charge on any atom is -0.389 e. The van der Waals surface area contributed by atoms with Gasteiger partial charge in [-0.05, 0) is 6.42 Å². The lowest BCUT2D eigenvalue weighted by Gasteiger charge is -2.16. The Morgan fingerprint density at radius 1 is 1.15 bits per heavy atom. The lowest BCUT2D eigenvalue weighted by Crippen LogP contribution is -2.44. The molecule has 2 aliphatic heterocycles. The van der Waals surface area contributed by atoms with Crippen LogP contribution in [0.15, 0.2) is 0 Å². The molecule has 2 saturated heterocycles. The second-order valence-corrected chi connectivity index (χ2v) is 5.22. The second-order valence-electron chi connectivity index (χ2n) is 5.22. The van der Waals surface area contributed by atoms with Gasteiger partial charge >= 0.3 is 0 Å². The van der Waals surface area contributed by atoms with Gasteiger partial charge in [0.1, 0.15) is 0 Å². The molecule has 20 heavy (non-hydrogen) atoms. The fourth-order valence-electron chi connectivity index (χ4n) is 2.46. The van der Waals surface area contributed by atoms with Crippen molar-refractivity contribution in [3.8, 4) is 0 Å². The molecule has 2 unspecified atom stereocenters. The molecule has 3 N–H and O–H groups in total. The number of carbonyl (C=O) groups excluding carboxylic acids is 3. The van der Waals surface area contributed by atoms with Crippen LogP contribution in [0, 0.1) is 0 Å². The number of likely N-dealkylation sites (tertiary alicyclic amines) is 2. The maximum atomic E-state index is 11.6. The van der Waals surface area contributed by atoms with E-state index in [9.17, 15) is 24.6 Å². The predicted octanol–water partition coefficient (Wildman–Crippen LogP) is -2.71. The average Bonchev–Trinajstić information content (AvgIpc) is 2.86. The lowest BCUT2D eigenvalue weighted by molar-refractivity contribution is -0.136. The maximum absolute atomic E-state index is 11.6. The molecule has 2 atom stereocenters. The summed E-state index contributed by atoms with van der Waals surface area (Å²) in [7, 11) is 0. The first kappa shape index (κ1) is 14.9. The number of amides is 3. The smallest absolute Gasteiger partial charge is 0.246 e. The van der Waals surface area contributed by atoms with E-state index in [0.29, 0.717) is 13.0 Å². The molecular weight excluding hydrogens is 266 g/mol. The number of imide groups is 1. The van der Waals surface area contributed by atoms with Crippen molar-refractivity contribution in [3.63, 3.8) is 0 Å². The molecule has 0 aromatic rings. The van der Waals surface area contributed by atoms with Crippen molar-refractivity contribution >= 4 is 17.7 Å². The summed E-state index contributed by atoms with van der Waals surface area (Å²) in [5, 5.41) is 20.9. The van der Waals surface area contributed by atoms with Gasteiger partial charge in [0.2, 0.25) is 17.7 Å². The highest BCUT2D eigenvalue weighted by atomic mass is 16.3. The molecule has 0 aromatic heterocycles. The molecule has 2 aliphatic rings. The van der Waals surface area contributed by atoms with Crippen molar-refractivity contribution in [1.82, 2.24) is 15.1 Å². The number of nitrogens with zero attached hydrogens (tertiary/aromatic N) is 2. The zero-order chi connectivity index (χ0) is 14.7. The van der Waals surface area contributed by atoms with Gasteiger partial charge in [0.05, 0.1) is 25.3 Å². The number of rotatable bonds is 4. The zero-order valence-electron chi connectivity index (χ0n) is 11.1. The first-order valence-corrected chi connectivity index (χ1v) is 6.64. The summed E-state index contributed by atoms with van der Waals surface area (Å²) in [6.07, 6.45) is -0.532. The van der Waals surface area contributed by atoms with Crippen LogP contribution in [-0.2, 0) is 14.4 Å². The maximum Gasteiger partial charge on any atom is 0.246 e. The van der Waals surface area contributed by atoms with E-state index in [2.05, 4.69) is 5.32 Å². The van der Waals surface area contributed by atoms with Crippen molar-refractivity contribution < 1.29 is 24.6 Å². The molecule has 8 heteroatoms. The van der Waals surface area contributed by atoms with Crippen LogP contribution < -0.4 is 5.32 Å². The summed E-state index contributed by atoms with van der Waals surface area (Å²) < 4.78 is 0. The molecule has 2 heterocycles. The molecule has 0 aliphatic carbocycles. The Morgan fingerprint density at radius 2 is 1.75 bits per heavy atom. The Bertz CT molecular complexity index is 404. The lowest BCUT2D eigenvalue weighted by atomic mass is 10.3. The van der Waals surface area contributed by atoms with Gasteiger partial charge in [0.15, 0.2) is 0 Å². The fraction of sp³-hybridized carbons (Fsp3) is 0.750. The van der Waals surface area contributed by atoms with E-state index in [1.54, 1.807) is 4.90 Å². The van der Waals surface area contributed by atoms with Crippen LogP contribution in [-0.4, -0.2) is 82.7 Å². The molecule has 0 saturated carbocycles. The van der Waals surface area contributed by atoms with Crippen LogP contribution in [0.1, 0.15) is 12.8 Å². The zero-order valence-corrected chi connectivity index (χ0v) is 11.1. The molecule has 112 valence electrons. The number of aliphatic hydroxyl groups is 2. The Labute approximate surface area is 116 Å². The average molecular weight is 285 g/mol. The van der Waals surface area contributed by atoms with E-state index < -0.39 is 24.0 Å².